The molecule has 0 spiro atoms. The fourth-order valence-corrected chi connectivity index (χ4v) is 9.14. The first-order valence-electron chi connectivity index (χ1n) is 31.8. The lowest BCUT2D eigenvalue weighted by Gasteiger charge is -2.24. The zero-order valence-corrected chi connectivity index (χ0v) is 52.2. The molecule has 0 fully saturated rings. The van der Waals surface area contributed by atoms with Gasteiger partial charge in [0.15, 0.2) is 6.10 Å². The van der Waals surface area contributed by atoms with Crippen molar-refractivity contribution < 1.29 is 42.1 Å². The average Bonchev–Trinajstić information content (AvgIpc) is 3.41. The number of esters is 2. The van der Waals surface area contributed by atoms with Gasteiger partial charge in [-0.1, -0.05) is 270 Å². The Morgan fingerprint density at radius 2 is 0.722 bits per heavy atom. The topological polar surface area (TPSA) is 108 Å². The highest BCUT2D eigenvalue weighted by atomic mass is 31.2. The van der Waals surface area contributed by atoms with Crippen molar-refractivity contribution in [3.63, 3.8) is 0 Å². The Bertz CT molecular complexity index is 1750. The van der Waals surface area contributed by atoms with Crippen LogP contribution >= 0.6 is 7.82 Å². The van der Waals surface area contributed by atoms with Crippen molar-refractivity contribution in [1.82, 2.24) is 0 Å². The van der Waals surface area contributed by atoms with Gasteiger partial charge < -0.3 is 18.9 Å². The highest BCUT2D eigenvalue weighted by Crippen LogP contribution is 2.43. The fraction of sp³-hybridized carbons (Fsp3) is 0.681. The second-order valence-electron chi connectivity index (χ2n) is 22.1. The largest absolute Gasteiger partial charge is 0.472 e. The van der Waals surface area contributed by atoms with E-state index in [0.717, 1.165) is 96.3 Å². The van der Waals surface area contributed by atoms with Gasteiger partial charge in [0, 0.05) is 12.8 Å². The Kier molecular flexibility index (Phi) is 56.4. The van der Waals surface area contributed by atoms with Gasteiger partial charge >= 0.3 is 19.8 Å². The standard InChI is InChI=1S/C69H118NO8P/c1-6-8-10-12-14-16-18-20-22-24-26-28-30-31-32-33-34-35-36-37-38-39-40-42-44-46-48-50-52-54-56-58-60-62-69(72)78-67(66-77-79(73,74)76-64-63-70(3,4)5)65-75-68(71)61-59-57-55-53-51-49-47-45-43-41-29-27-25-23-21-19-17-15-13-11-9-7-2/h8,10,14,16,20,22,26,28,31-32,34-35,37-38,40,42,46,48,52,54,67H,6-7,9,11-13,15,17-19,21,23-25,27,29-30,33,36,39,41,43-45,47,49-51,53,55-66H2,1-5H3/p+1/b10-8-,16-14-,22-20-,28-26-,32-31-,35-34-,38-37-,42-40-,48-46-,54-52-. The number of hydrogen-bond acceptors (Lipinski definition) is 7. The number of rotatable bonds is 57. The maximum Gasteiger partial charge on any atom is 0.472 e. The Morgan fingerprint density at radius 3 is 1.08 bits per heavy atom. The molecular formula is C69H119NO8P+. The number of nitrogens with zero attached hydrogens (tertiary/aromatic N) is 1. The number of unbranched alkanes of at least 4 members (excludes halogenated alkanes) is 23. The molecule has 0 saturated heterocycles. The molecule has 452 valence electrons. The van der Waals surface area contributed by atoms with E-state index in [9.17, 15) is 19.0 Å². The second-order valence-corrected chi connectivity index (χ2v) is 23.5. The van der Waals surface area contributed by atoms with Gasteiger partial charge in [-0.15, -0.1) is 0 Å². The summed E-state index contributed by atoms with van der Waals surface area (Å²) in [5, 5.41) is 0. The first kappa shape index (κ1) is 75.4. The number of phosphoric ester groups is 1. The van der Waals surface area contributed by atoms with Gasteiger partial charge in [0.2, 0.25) is 0 Å². The summed E-state index contributed by atoms with van der Waals surface area (Å²) >= 11 is 0. The number of quaternary nitrogens is 1. The molecule has 9 nitrogen and oxygen atoms in total. The number of ether oxygens (including phenoxy) is 2. The summed E-state index contributed by atoms with van der Waals surface area (Å²) in [5.74, 6) is -0.849. The van der Waals surface area contributed by atoms with Crippen LogP contribution < -0.4 is 0 Å². The van der Waals surface area contributed by atoms with Crippen molar-refractivity contribution in [3.8, 4) is 0 Å². The number of hydrogen-bond donors (Lipinski definition) is 1. The summed E-state index contributed by atoms with van der Waals surface area (Å²) in [7, 11) is 1.44. The van der Waals surface area contributed by atoms with Gasteiger partial charge in [-0.05, 0) is 89.9 Å². The Morgan fingerprint density at radius 1 is 0.405 bits per heavy atom. The molecule has 0 rings (SSSR count). The summed E-state index contributed by atoms with van der Waals surface area (Å²) in [6.07, 6.45) is 84.3. The SMILES string of the molecule is CC/C=C\C/C=C\C/C=C\C/C=C\C/C=C\C/C=C\C/C=C\C/C=C\C/C=C\C/C=C\CCCCC(=O)OC(COC(=O)CCCCCCCCCCCCCCCCCCCCCCCC)COP(=O)(O)OCC[N+](C)(C)C. The van der Waals surface area contributed by atoms with E-state index in [1.54, 1.807) is 0 Å². The van der Waals surface area contributed by atoms with E-state index in [1.165, 1.54) is 122 Å². The lowest BCUT2D eigenvalue weighted by molar-refractivity contribution is -0.870. The molecule has 0 amide bonds. The first-order valence-corrected chi connectivity index (χ1v) is 33.3. The minimum atomic E-state index is -4.41. The number of carbonyl (C=O) groups excluding carboxylic acids is 2. The molecule has 0 aromatic heterocycles. The predicted octanol–water partition coefficient (Wildman–Crippen LogP) is 20.3. The van der Waals surface area contributed by atoms with Crippen LogP contribution in [-0.4, -0.2) is 74.9 Å². The van der Waals surface area contributed by atoms with Gasteiger partial charge in [0.25, 0.3) is 0 Å². The van der Waals surface area contributed by atoms with Crippen molar-refractivity contribution in [2.24, 2.45) is 0 Å². The second kappa shape index (κ2) is 59.0. The Labute approximate surface area is 486 Å². The van der Waals surface area contributed by atoms with Gasteiger partial charge in [-0.2, -0.15) is 0 Å². The van der Waals surface area contributed by atoms with Crippen LogP contribution in [0.5, 0.6) is 0 Å². The molecule has 0 saturated carbocycles. The molecule has 10 heteroatoms. The van der Waals surface area contributed by atoms with Crippen molar-refractivity contribution >= 4 is 19.8 Å². The molecule has 0 aromatic carbocycles. The summed E-state index contributed by atoms with van der Waals surface area (Å²) in [4.78, 5) is 35.7. The van der Waals surface area contributed by atoms with E-state index >= 15 is 0 Å². The molecule has 2 atom stereocenters. The predicted molar refractivity (Wildman–Crippen MR) is 339 cm³/mol. The molecule has 0 bridgehead atoms. The van der Waals surface area contributed by atoms with E-state index in [2.05, 4.69) is 135 Å². The maximum absolute atomic E-state index is 12.8. The summed E-state index contributed by atoms with van der Waals surface area (Å²) in [6.45, 7) is 4.28. The highest BCUT2D eigenvalue weighted by molar-refractivity contribution is 7.47. The fourth-order valence-electron chi connectivity index (χ4n) is 8.40. The van der Waals surface area contributed by atoms with Crippen LogP contribution in [0.1, 0.15) is 251 Å². The molecule has 0 aromatic rings. The van der Waals surface area contributed by atoms with Gasteiger partial charge in [-0.25, -0.2) is 4.57 Å². The molecular weight excluding hydrogens is 1000 g/mol. The zero-order chi connectivity index (χ0) is 57.7. The Balaban J connectivity index is 4.25. The number of allylic oxidation sites excluding steroid dienone is 20. The van der Waals surface area contributed by atoms with Crippen LogP contribution in [0.15, 0.2) is 122 Å². The first-order chi connectivity index (χ1) is 38.5. The van der Waals surface area contributed by atoms with Crippen LogP contribution in [0.25, 0.3) is 0 Å². The molecule has 0 radical (unpaired) electrons. The minimum absolute atomic E-state index is 0.0179. The molecule has 0 aliphatic heterocycles. The minimum Gasteiger partial charge on any atom is -0.462 e. The summed E-state index contributed by atoms with van der Waals surface area (Å²) < 4.78 is 34.6. The number of carbonyl (C=O) groups is 2. The molecule has 0 aliphatic carbocycles. The Hall–Kier alpha value is -3.59. The lowest BCUT2D eigenvalue weighted by atomic mass is 10.0. The third-order valence-corrected chi connectivity index (χ3v) is 14.2. The van der Waals surface area contributed by atoms with Crippen LogP contribution in [0.4, 0.5) is 0 Å². The lowest BCUT2D eigenvalue weighted by Crippen LogP contribution is -2.37. The van der Waals surface area contributed by atoms with Crippen LogP contribution in [0.2, 0.25) is 0 Å². The van der Waals surface area contributed by atoms with Gasteiger partial charge in [0.05, 0.1) is 27.7 Å². The molecule has 0 aliphatic rings. The van der Waals surface area contributed by atoms with Crippen molar-refractivity contribution in [2.45, 2.75) is 258 Å². The number of phosphoric acid groups is 1. The van der Waals surface area contributed by atoms with E-state index in [4.69, 9.17) is 18.5 Å². The molecule has 1 N–H and O–H groups in total. The normalized spacial score (nSPS) is 14.1. The van der Waals surface area contributed by atoms with E-state index in [-0.39, 0.29) is 32.0 Å². The summed E-state index contributed by atoms with van der Waals surface area (Å²) in [5.41, 5.74) is 0. The van der Waals surface area contributed by atoms with E-state index < -0.39 is 26.5 Å². The van der Waals surface area contributed by atoms with E-state index in [0.29, 0.717) is 17.4 Å². The third kappa shape index (κ3) is 63.5. The van der Waals surface area contributed by atoms with Crippen LogP contribution in [0.3, 0.4) is 0 Å². The molecule has 0 heterocycles. The van der Waals surface area contributed by atoms with Gasteiger partial charge in [-0.3, -0.25) is 18.6 Å². The monoisotopic (exact) mass is 1120 g/mol. The summed E-state index contributed by atoms with van der Waals surface area (Å²) in [6, 6.07) is 0. The van der Waals surface area contributed by atoms with Crippen molar-refractivity contribution in [1.29, 1.82) is 0 Å². The van der Waals surface area contributed by atoms with Crippen LogP contribution in [-0.2, 0) is 32.7 Å². The number of likely N-dealkylation sites (N-methyl/N-ethyl adjacent to an activating group) is 1. The van der Waals surface area contributed by atoms with Gasteiger partial charge in [0.1, 0.15) is 19.8 Å². The van der Waals surface area contributed by atoms with Crippen molar-refractivity contribution in [3.05, 3.63) is 122 Å². The quantitative estimate of drug-likeness (QED) is 0.0211. The van der Waals surface area contributed by atoms with E-state index in [1.807, 2.05) is 21.1 Å². The third-order valence-electron chi connectivity index (χ3n) is 13.3. The van der Waals surface area contributed by atoms with Crippen LogP contribution in [0, 0.1) is 0 Å². The smallest absolute Gasteiger partial charge is 0.462 e. The van der Waals surface area contributed by atoms with Crippen molar-refractivity contribution in [2.75, 3.05) is 47.5 Å². The molecule has 79 heavy (non-hydrogen) atoms. The maximum atomic E-state index is 12.8. The average molecular weight is 1120 g/mol. The molecule has 2 unspecified atom stereocenters. The zero-order valence-electron chi connectivity index (χ0n) is 51.3. The highest BCUT2D eigenvalue weighted by Gasteiger charge is 2.27.